The van der Waals surface area contributed by atoms with Gasteiger partial charge in [-0.05, 0) is 0 Å². The third-order valence-electron chi connectivity index (χ3n) is 3.26. The summed E-state index contributed by atoms with van der Waals surface area (Å²) in [5, 5.41) is 0. The summed E-state index contributed by atoms with van der Waals surface area (Å²) in [6.45, 7) is -0.759. The Morgan fingerprint density at radius 3 is 2.64 bits per heavy atom. The first-order valence-corrected chi connectivity index (χ1v) is 8.08. The molecule has 0 aliphatic carbocycles. The van der Waals surface area contributed by atoms with Crippen LogP contribution in [-0.4, -0.2) is 26.7 Å². The normalized spacial score (nSPS) is 11.1. The number of aromatic nitrogens is 3. The monoisotopic (exact) mass is 390 g/mol. The number of carbonyl (C=O) groups excluding carboxylic acids is 1. The molecule has 0 saturated heterocycles. The Morgan fingerprint density at radius 1 is 1.16 bits per heavy atom. The number of rotatable bonds is 4. The number of hydrogen-bond donors (Lipinski definition) is 0. The molecule has 130 valence electrons. The van der Waals surface area contributed by atoms with Crippen molar-refractivity contribution in [3.05, 3.63) is 46.6 Å². The van der Waals surface area contributed by atoms with Gasteiger partial charge >= 0.3 is 0 Å². The van der Waals surface area contributed by atoms with Crippen LogP contribution in [0.15, 0.2) is 17.8 Å². The largest absolute Gasteiger partial charge is 0.275 e. The molecular formula is C14H7ClF4N4OS. The Kier molecular flexibility index (Phi) is 4.82. The minimum Gasteiger partial charge on any atom is -0.275 e. The first-order chi connectivity index (χ1) is 11.9. The number of fused-ring (bicyclic) bond motifs is 1. The molecule has 11 heteroatoms. The number of benzene rings is 1. The van der Waals surface area contributed by atoms with Gasteiger partial charge < -0.3 is 0 Å². The van der Waals surface area contributed by atoms with Crippen LogP contribution in [0.3, 0.4) is 0 Å². The number of hydrogen-bond acceptors (Lipinski definition) is 5. The highest BCUT2D eigenvalue weighted by Gasteiger charge is 2.25. The van der Waals surface area contributed by atoms with E-state index in [1.807, 2.05) is 0 Å². The second kappa shape index (κ2) is 6.89. The van der Waals surface area contributed by atoms with Crippen molar-refractivity contribution in [3.8, 4) is 0 Å². The minimum absolute atomic E-state index is 0.189. The van der Waals surface area contributed by atoms with Crippen molar-refractivity contribution < 1.29 is 22.4 Å². The predicted octanol–water partition coefficient (Wildman–Crippen LogP) is 3.41. The van der Waals surface area contributed by atoms with Gasteiger partial charge in [-0.1, -0.05) is 0 Å². The topological polar surface area (TPSA) is 59.0 Å². The number of carbonyl (C=O) groups is 1. The van der Waals surface area contributed by atoms with Gasteiger partial charge in [0.2, 0.25) is 11.9 Å². The van der Waals surface area contributed by atoms with E-state index in [2.05, 4.69) is 15.0 Å². The summed E-state index contributed by atoms with van der Waals surface area (Å²) in [5.74, 6) is -8.08. The molecule has 3 rings (SSSR count). The maximum absolute atomic E-state index is 13.9. The molecule has 0 unspecified atom stereocenters. The number of anilines is 1. The van der Waals surface area contributed by atoms with Crippen LogP contribution >= 0.6 is 22.9 Å². The molecule has 0 fully saturated rings. The van der Waals surface area contributed by atoms with Crippen LogP contribution in [0.4, 0.5) is 23.5 Å². The molecule has 1 aromatic carbocycles. The predicted molar refractivity (Wildman–Crippen MR) is 83.4 cm³/mol. The number of thiazole rings is 1. The highest BCUT2D eigenvalue weighted by atomic mass is 35.5. The van der Waals surface area contributed by atoms with E-state index in [0.29, 0.717) is 10.3 Å². The molecule has 5 nitrogen and oxygen atoms in total. The zero-order valence-corrected chi connectivity index (χ0v) is 13.7. The molecule has 25 heavy (non-hydrogen) atoms. The standard InChI is InChI=1S/C14H7ClF4N4OS/c15-2-10(24)23(14-20-3-9-13(22-14)25-5-21-9)4-6-7(16)1-8(17)12(19)11(6)18/h1,3,5H,2,4H2. The fourth-order valence-electron chi connectivity index (χ4n) is 2.04. The van der Waals surface area contributed by atoms with E-state index in [1.54, 1.807) is 0 Å². The maximum atomic E-state index is 13.9. The van der Waals surface area contributed by atoms with E-state index in [0.717, 1.165) is 16.2 Å². The molecule has 0 atom stereocenters. The molecule has 0 radical (unpaired) electrons. The molecule has 3 aromatic rings. The van der Waals surface area contributed by atoms with Gasteiger partial charge in [0, 0.05) is 11.6 Å². The summed E-state index contributed by atoms with van der Waals surface area (Å²) in [5.41, 5.74) is 1.13. The first kappa shape index (κ1) is 17.5. The van der Waals surface area contributed by atoms with Crippen molar-refractivity contribution in [1.82, 2.24) is 15.0 Å². The third kappa shape index (κ3) is 3.27. The van der Waals surface area contributed by atoms with Gasteiger partial charge in [0.15, 0.2) is 17.5 Å². The van der Waals surface area contributed by atoms with Gasteiger partial charge in [0.1, 0.15) is 22.0 Å². The number of alkyl halides is 1. The lowest BCUT2D eigenvalue weighted by molar-refractivity contribution is -0.116. The molecule has 0 aliphatic rings. The molecule has 0 aliphatic heterocycles. The van der Waals surface area contributed by atoms with Crippen molar-refractivity contribution >= 4 is 45.1 Å². The van der Waals surface area contributed by atoms with E-state index in [9.17, 15) is 22.4 Å². The molecule has 0 bridgehead atoms. The Morgan fingerprint density at radius 2 is 1.92 bits per heavy atom. The summed E-state index contributed by atoms with van der Waals surface area (Å²) in [6, 6.07) is 0.199. The Balaban J connectivity index is 2.06. The van der Waals surface area contributed by atoms with E-state index < -0.39 is 47.2 Å². The maximum Gasteiger partial charge on any atom is 0.244 e. The molecule has 1 amide bonds. The molecule has 2 aromatic heterocycles. The lowest BCUT2D eigenvalue weighted by Crippen LogP contribution is -2.33. The Bertz CT molecular complexity index is 967. The second-order valence-electron chi connectivity index (χ2n) is 4.77. The SMILES string of the molecule is O=C(CCl)N(Cc1c(F)cc(F)c(F)c1F)c1ncc2ncsc2n1. The van der Waals surface area contributed by atoms with Crippen LogP contribution in [0, 0.1) is 23.3 Å². The van der Waals surface area contributed by atoms with Gasteiger partial charge in [-0.2, -0.15) is 4.98 Å². The van der Waals surface area contributed by atoms with E-state index in [-0.39, 0.29) is 12.0 Å². The zero-order chi connectivity index (χ0) is 18.1. The third-order valence-corrected chi connectivity index (χ3v) is 4.22. The molecule has 0 spiro atoms. The number of nitrogens with zero attached hydrogens (tertiary/aromatic N) is 4. The van der Waals surface area contributed by atoms with Crippen LogP contribution < -0.4 is 4.90 Å². The van der Waals surface area contributed by atoms with E-state index in [4.69, 9.17) is 11.6 Å². The summed E-state index contributed by atoms with van der Waals surface area (Å²) in [6.07, 6.45) is 1.32. The van der Waals surface area contributed by atoms with Crippen molar-refractivity contribution in [2.24, 2.45) is 0 Å². The van der Waals surface area contributed by atoms with Gasteiger partial charge in [-0.3, -0.25) is 9.69 Å². The van der Waals surface area contributed by atoms with Gasteiger partial charge in [0.25, 0.3) is 0 Å². The lowest BCUT2D eigenvalue weighted by atomic mass is 10.1. The van der Waals surface area contributed by atoms with Gasteiger partial charge in [0.05, 0.1) is 18.3 Å². The summed E-state index contributed by atoms with van der Waals surface area (Å²) < 4.78 is 54.2. The second-order valence-corrected chi connectivity index (χ2v) is 5.87. The Hall–Kier alpha value is -2.33. The summed E-state index contributed by atoms with van der Waals surface area (Å²) in [7, 11) is 0. The van der Waals surface area contributed by atoms with Gasteiger partial charge in [-0.25, -0.2) is 27.5 Å². The quantitative estimate of drug-likeness (QED) is 0.296. The first-order valence-electron chi connectivity index (χ1n) is 6.66. The Labute approximate surface area is 146 Å². The molecule has 0 saturated carbocycles. The fraction of sp³-hybridized carbons (Fsp3) is 0.143. The van der Waals surface area contributed by atoms with E-state index in [1.165, 1.54) is 11.7 Å². The van der Waals surface area contributed by atoms with Crippen molar-refractivity contribution in [1.29, 1.82) is 0 Å². The highest BCUT2D eigenvalue weighted by Crippen LogP contribution is 2.24. The van der Waals surface area contributed by atoms with Crippen LogP contribution in [-0.2, 0) is 11.3 Å². The summed E-state index contributed by atoms with van der Waals surface area (Å²) >= 11 is 6.68. The molecular weight excluding hydrogens is 384 g/mol. The number of halogens is 5. The average Bonchev–Trinajstić information content (AvgIpc) is 3.07. The fourth-order valence-corrected chi connectivity index (χ4v) is 2.81. The summed E-state index contributed by atoms with van der Waals surface area (Å²) in [4.78, 5) is 25.2. The van der Waals surface area contributed by atoms with Crippen LogP contribution in [0.1, 0.15) is 5.56 Å². The van der Waals surface area contributed by atoms with Crippen molar-refractivity contribution in [3.63, 3.8) is 0 Å². The lowest BCUT2D eigenvalue weighted by Gasteiger charge is -2.20. The van der Waals surface area contributed by atoms with Crippen LogP contribution in [0.2, 0.25) is 0 Å². The minimum atomic E-state index is -1.84. The highest BCUT2D eigenvalue weighted by molar-refractivity contribution is 7.16. The molecule has 0 N–H and O–H groups in total. The average molecular weight is 391 g/mol. The molecule has 2 heterocycles. The number of amides is 1. The smallest absolute Gasteiger partial charge is 0.244 e. The van der Waals surface area contributed by atoms with Gasteiger partial charge in [-0.15, -0.1) is 22.9 Å². The van der Waals surface area contributed by atoms with E-state index >= 15 is 0 Å². The van der Waals surface area contributed by atoms with Crippen LogP contribution in [0.5, 0.6) is 0 Å². The van der Waals surface area contributed by atoms with Crippen molar-refractivity contribution in [2.75, 3.05) is 10.8 Å². The zero-order valence-electron chi connectivity index (χ0n) is 12.1. The van der Waals surface area contributed by atoms with Crippen LogP contribution in [0.25, 0.3) is 10.3 Å². The van der Waals surface area contributed by atoms with Crippen molar-refractivity contribution in [2.45, 2.75) is 6.54 Å².